The van der Waals surface area contributed by atoms with Crippen LogP contribution < -0.4 is 0 Å². The molecular formula is C34H32Cl2HfP2. The molecule has 0 saturated carbocycles. The van der Waals surface area contributed by atoms with Crippen molar-refractivity contribution in [3.8, 4) is 22.3 Å². The van der Waals surface area contributed by atoms with Crippen molar-refractivity contribution in [1.29, 1.82) is 0 Å². The fraction of sp³-hybridized carbons (Fsp3) is 0.176. The van der Waals surface area contributed by atoms with E-state index in [9.17, 15) is 0 Å². The van der Waals surface area contributed by atoms with E-state index < -0.39 is 17.6 Å². The van der Waals surface area contributed by atoms with Gasteiger partial charge >= 0.3 is 249 Å². The van der Waals surface area contributed by atoms with E-state index in [4.69, 9.17) is 17.2 Å². The summed E-state index contributed by atoms with van der Waals surface area (Å²) in [6.45, 7) is 9.44. The summed E-state index contributed by atoms with van der Waals surface area (Å²) in [5, 5.41) is 2.94. The molecule has 0 heterocycles. The molecule has 2 aliphatic carbocycles. The average molecular weight is 752 g/mol. The molecule has 4 aromatic carbocycles. The van der Waals surface area contributed by atoms with E-state index in [0.29, 0.717) is 0 Å². The van der Waals surface area contributed by atoms with Crippen LogP contribution in [-0.2, 0) is 17.6 Å². The van der Waals surface area contributed by atoms with Gasteiger partial charge in [-0.3, -0.25) is 0 Å². The van der Waals surface area contributed by atoms with E-state index >= 15 is 0 Å². The summed E-state index contributed by atoms with van der Waals surface area (Å²) in [5.41, 5.74) is 10.4. The zero-order valence-electron chi connectivity index (χ0n) is 22.7. The standard InChI is InChI=1S/2C17H16P.2ClH.Hf/c2*1-18(2)15-11-14-9-6-10-16(17(14)12-15)13-7-4-3-5-8-13;;;/h2*3-12H,1-2H3;2*1H;/q;;;;+2/p-2. The van der Waals surface area contributed by atoms with Gasteiger partial charge in [0, 0.05) is 0 Å². The SMILES string of the molecule is CP(C)C1=Cc2c(-c3ccccc3)cccc2[CH]1[Hf]([Cl])([Cl])[CH]1C(P(C)C)=Cc2c(-c3ccccc3)cccc21. The number of allylic oxidation sites excluding steroid dienone is 2. The van der Waals surface area contributed by atoms with E-state index in [2.05, 4.69) is 136 Å². The summed E-state index contributed by atoms with van der Waals surface area (Å²) in [5.74, 6) is 0. The molecule has 5 heteroatoms. The summed E-state index contributed by atoms with van der Waals surface area (Å²) < 4.78 is 0.297. The van der Waals surface area contributed by atoms with E-state index in [1.54, 1.807) is 0 Å². The Morgan fingerprint density at radius 3 is 1.26 bits per heavy atom. The Hall–Kier alpha value is -1.33. The molecule has 2 atom stereocenters. The van der Waals surface area contributed by atoms with Gasteiger partial charge in [-0.25, -0.2) is 0 Å². The predicted octanol–water partition coefficient (Wildman–Crippen LogP) is 11.5. The van der Waals surface area contributed by atoms with Gasteiger partial charge in [-0.05, 0) is 0 Å². The molecule has 0 spiro atoms. The fourth-order valence-corrected chi connectivity index (χ4v) is 36.9. The third kappa shape index (κ3) is 4.92. The summed E-state index contributed by atoms with van der Waals surface area (Å²) >= 11 is -4.18. The molecule has 4 aromatic rings. The number of fused-ring (bicyclic) bond motifs is 2. The van der Waals surface area contributed by atoms with Crippen molar-refractivity contribution in [3.05, 3.63) is 130 Å². The van der Waals surface area contributed by atoms with Crippen LogP contribution in [0.2, 0.25) is 0 Å². The molecule has 0 N–H and O–H groups in total. The Kier molecular flexibility index (Phi) is 7.96. The van der Waals surface area contributed by atoms with Crippen LogP contribution >= 0.6 is 33.0 Å². The quantitative estimate of drug-likeness (QED) is 0.136. The number of rotatable bonds is 6. The Balaban J connectivity index is 1.53. The molecule has 0 fully saturated rings. The maximum atomic E-state index is 8.01. The second-order valence-corrected chi connectivity index (χ2v) is 36.2. The first-order valence-electron chi connectivity index (χ1n) is 13.3. The minimum atomic E-state index is -4.18. The first kappa shape index (κ1) is 27.8. The van der Waals surface area contributed by atoms with Gasteiger partial charge in [-0.2, -0.15) is 0 Å². The fourth-order valence-electron chi connectivity index (χ4n) is 6.26. The van der Waals surface area contributed by atoms with Crippen LogP contribution in [-0.4, -0.2) is 26.7 Å². The molecule has 0 bridgehead atoms. The van der Waals surface area contributed by atoms with Gasteiger partial charge in [0.05, 0.1) is 0 Å². The molecule has 2 unspecified atom stereocenters. The van der Waals surface area contributed by atoms with Gasteiger partial charge < -0.3 is 0 Å². The van der Waals surface area contributed by atoms with Crippen LogP contribution in [0.3, 0.4) is 0 Å². The molecule has 0 radical (unpaired) electrons. The topological polar surface area (TPSA) is 0 Å². The molecule has 0 nitrogen and oxygen atoms in total. The Morgan fingerprint density at radius 1 is 0.513 bits per heavy atom. The van der Waals surface area contributed by atoms with Crippen molar-refractivity contribution in [2.24, 2.45) is 0 Å². The number of hydrogen-bond donors (Lipinski definition) is 0. The Morgan fingerprint density at radius 2 is 0.897 bits per heavy atom. The molecule has 196 valence electrons. The van der Waals surface area contributed by atoms with Gasteiger partial charge in [0.15, 0.2) is 0 Å². The molecule has 0 aromatic heterocycles. The van der Waals surface area contributed by atoms with E-state index in [-0.39, 0.29) is 23.2 Å². The summed E-state index contributed by atoms with van der Waals surface area (Å²) in [4.78, 5) is 0. The van der Waals surface area contributed by atoms with Crippen LogP contribution in [0.1, 0.15) is 29.6 Å². The summed E-state index contributed by atoms with van der Waals surface area (Å²) in [7, 11) is 15.3. The molecule has 0 saturated heterocycles. The molecule has 0 amide bonds. The monoisotopic (exact) mass is 752 g/mol. The predicted molar refractivity (Wildman–Crippen MR) is 174 cm³/mol. The molecule has 2 aliphatic rings. The summed E-state index contributed by atoms with van der Waals surface area (Å²) in [6, 6.07) is 35.0. The minimum absolute atomic E-state index is 0.148. The van der Waals surface area contributed by atoms with Crippen molar-refractivity contribution >= 4 is 45.1 Å². The van der Waals surface area contributed by atoms with Gasteiger partial charge in [0.2, 0.25) is 0 Å². The number of benzene rings is 4. The van der Waals surface area contributed by atoms with Crippen LogP contribution in [0, 0.1) is 0 Å². The van der Waals surface area contributed by atoms with Gasteiger partial charge in [0.25, 0.3) is 0 Å². The third-order valence-corrected chi connectivity index (χ3v) is 29.8. The van der Waals surface area contributed by atoms with Crippen LogP contribution in [0.4, 0.5) is 0 Å². The van der Waals surface area contributed by atoms with E-state index in [1.807, 2.05) is 0 Å². The van der Waals surface area contributed by atoms with E-state index in [0.717, 1.165) is 0 Å². The van der Waals surface area contributed by atoms with Crippen LogP contribution in [0.5, 0.6) is 0 Å². The normalized spacial score (nSPS) is 18.3. The zero-order chi connectivity index (χ0) is 27.3. The van der Waals surface area contributed by atoms with Crippen molar-refractivity contribution < 1.29 is 17.6 Å². The Bertz CT molecular complexity index is 1470. The van der Waals surface area contributed by atoms with Crippen molar-refractivity contribution in [2.75, 3.05) is 26.7 Å². The molecular weight excluding hydrogens is 720 g/mol. The van der Waals surface area contributed by atoms with Gasteiger partial charge in [-0.15, -0.1) is 0 Å². The average Bonchev–Trinajstić information content (AvgIpc) is 3.54. The van der Waals surface area contributed by atoms with Crippen molar-refractivity contribution in [1.82, 2.24) is 0 Å². The van der Waals surface area contributed by atoms with Gasteiger partial charge in [0.1, 0.15) is 0 Å². The number of halogens is 2. The van der Waals surface area contributed by atoms with E-state index in [1.165, 1.54) is 55.1 Å². The second kappa shape index (κ2) is 11.2. The number of hydrogen-bond acceptors (Lipinski definition) is 0. The molecule has 6 rings (SSSR count). The first-order valence-corrected chi connectivity index (χ1v) is 30.8. The van der Waals surface area contributed by atoms with Crippen LogP contribution in [0.15, 0.2) is 108 Å². The zero-order valence-corrected chi connectivity index (χ0v) is 29.6. The molecule has 39 heavy (non-hydrogen) atoms. The first-order chi connectivity index (χ1) is 18.8. The third-order valence-electron chi connectivity index (χ3n) is 8.05. The molecule has 0 aliphatic heterocycles. The van der Waals surface area contributed by atoms with Crippen LogP contribution in [0.25, 0.3) is 34.4 Å². The maximum absolute atomic E-state index is 8.01. The van der Waals surface area contributed by atoms with Gasteiger partial charge in [-0.1, -0.05) is 0 Å². The summed E-state index contributed by atoms with van der Waals surface area (Å²) in [6.07, 6.45) is 4.90. The van der Waals surface area contributed by atoms with Crippen molar-refractivity contribution in [3.63, 3.8) is 0 Å². The van der Waals surface area contributed by atoms with Crippen molar-refractivity contribution in [2.45, 2.75) is 7.35 Å². The Labute approximate surface area is 247 Å². The second-order valence-electron chi connectivity index (χ2n) is 10.8.